The maximum absolute atomic E-state index is 11.5. The third-order valence-corrected chi connectivity index (χ3v) is 4.68. The third-order valence-electron chi connectivity index (χ3n) is 4.68. The van der Waals surface area contributed by atoms with Crippen LogP contribution in [0.5, 0.6) is 11.5 Å². The van der Waals surface area contributed by atoms with Gasteiger partial charge in [0.1, 0.15) is 11.5 Å². The van der Waals surface area contributed by atoms with Gasteiger partial charge in [-0.25, -0.2) is 0 Å². The van der Waals surface area contributed by atoms with Crippen molar-refractivity contribution < 1.29 is 9.53 Å². The lowest BCUT2D eigenvalue weighted by atomic mass is 10.3. The number of anilines is 3. The maximum atomic E-state index is 11.5. The number of piperazine rings is 1. The van der Waals surface area contributed by atoms with Gasteiger partial charge in [-0.15, -0.1) is 5.10 Å². The number of amides is 1. The maximum Gasteiger partial charge on any atom is 0.249 e. The van der Waals surface area contributed by atoms with Crippen molar-refractivity contribution >= 4 is 23.4 Å². The lowest BCUT2D eigenvalue weighted by Gasteiger charge is -2.34. The number of hydrogen-bond acceptors (Lipinski definition) is 7. The molecule has 3 aromatic rings. The summed E-state index contributed by atoms with van der Waals surface area (Å²) < 4.78 is 5.80. The van der Waals surface area contributed by atoms with E-state index in [0.717, 1.165) is 36.1 Å². The van der Waals surface area contributed by atoms with Crippen LogP contribution in [0.25, 0.3) is 0 Å². The van der Waals surface area contributed by atoms with Gasteiger partial charge in [0.25, 0.3) is 0 Å². The first-order valence-electron chi connectivity index (χ1n) is 9.47. The summed E-state index contributed by atoms with van der Waals surface area (Å²) in [6.07, 6.45) is 1.64. The average Bonchev–Trinajstić information content (AvgIpc) is 2.76. The second-order valence-electron chi connectivity index (χ2n) is 6.70. The van der Waals surface area contributed by atoms with Crippen LogP contribution in [0.1, 0.15) is 6.92 Å². The van der Waals surface area contributed by atoms with Crippen LogP contribution in [0.4, 0.5) is 17.5 Å². The molecule has 0 spiro atoms. The van der Waals surface area contributed by atoms with Gasteiger partial charge in [0.2, 0.25) is 11.9 Å². The fourth-order valence-corrected chi connectivity index (χ4v) is 3.11. The second kappa shape index (κ2) is 8.55. The summed E-state index contributed by atoms with van der Waals surface area (Å²) in [6, 6.07) is 17.2. The van der Waals surface area contributed by atoms with Gasteiger partial charge in [0.05, 0.1) is 6.20 Å². The Morgan fingerprint density at radius 2 is 1.66 bits per heavy atom. The zero-order chi connectivity index (χ0) is 20.1. The van der Waals surface area contributed by atoms with Crippen molar-refractivity contribution in [3.05, 3.63) is 60.8 Å². The summed E-state index contributed by atoms with van der Waals surface area (Å²) in [5, 5.41) is 11.3. The highest BCUT2D eigenvalue weighted by Gasteiger charge is 2.20. The Bertz CT molecular complexity index is 956. The van der Waals surface area contributed by atoms with E-state index in [1.54, 1.807) is 13.1 Å². The van der Waals surface area contributed by atoms with Crippen molar-refractivity contribution in [3.8, 4) is 11.5 Å². The Balaban J connectivity index is 1.38. The van der Waals surface area contributed by atoms with E-state index in [9.17, 15) is 4.79 Å². The minimum atomic E-state index is 0.104. The van der Waals surface area contributed by atoms with Crippen LogP contribution in [-0.2, 0) is 4.79 Å². The van der Waals surface area contributed by atoms with Gasteiger partial charge >= 0.3 is 0 Å². The lowest BCUT2D eigenvalue weighted by molar-refractivity contribution is -0.129. The fourth-order valence-electron chi connectivity index (χ4n) is 3.11. The first-order valence-corrected chi connectivity index (χ1v) is 9.47. The molecule has 1 amide bonds. The number of carbonyl (C=O) groups excluding carboxylic acids is 1. The minimum Gasteiger partial charge on any atom is -0.457 e. The lowest BCUT2D eigenvalue weighted by Crippen LogP contribution is -2.48. The van der Waals surface area contributed by atoms with Crippen molar-refractivity contribution in [2.24, 2.45) is 0 Å². The molecule has 1 aliphatic heterocycles. The second-order valence-corrected chi connectivity index (χ2v) is 6.70. The molecule has 0 aliphatic carbocycles. The highest BCUT2D eigenvalue weighted by molar-refractivity contribution is 5.73. The number of aromatic nitrogens is 3. The summed E-state index contributed by atoms with van der Waals surface area (Å²) in [4.78, 5) is 20.0. The molecule has 0 atom stereocenters. The van der Waals surface area contributed by atoms with Crippen LogP contribution in [0.2, 0.25) is 0 Å². The average molecular weight is 390 g/mol. The molecule has 1 saturated heterocycles. The first kappa shape index (κ1) is 18.7. The third kappa shape index (κ3) is 4.78. The predicted octanol–water partition coefficient (Wildman–Crippen LogP) is 3.08. The van der Waals surface area contributed by atoms with E-state index in [1.807, 2.05) is 59.5 Å². The molecule has 1 N–H and O–H groups in total. The molecule has 2 aromatic carbocycles. The van der Waals surface area contributed by atoms with Crippen LogP contribution >= 0.6 is 0 Å². The number of benzene rings is 2. The fraction of sp³-hybridized carbons (Fsp3) is 0.238. The van der Waals surface area contributed by atoms with Gasteiger partial charge in [-0.05, 0) is 36.4 Å². The molecule has 148 valence electrons. The Morgan fingerprint density at radius 1 is 0.966 bits per heavy atom. The van der Waals surface area contributed by atoms with Crippen molar-refractivity contribution in [3.63, 3.8) is 0 Å². The van der Waals surface area contributed by atoms with E-state index in [0.29, 0.717) is 19.0 Å². The summed E-state index contributed by atoms with van der Waals surface area (Å²) in [5.74, 6) is 2.81. The highest BCUT2D eigenvalue weighted by Crippen LogP contribution is 2.24. The molecular formula is C21H22N6O2. The van der Waals surface area contributed by atoms with Gasteiger partial charge < -0.3 is 19.9 Å². The molecule has 0 saturated carbocycles. The number of carbonyl (C=O) groups is 1. The number of hydrogen-bond donors (Lipinski definition) is 1. The molecule has 1 fully saturated rings. The van der Waals surface area contributed by atoms with Gasteiger partial charge in [0, 0.05) is 38.8 Å². The standard InChI is InChI=1S/C21H22N6O2/c1-16(28)26-11-13-27(14-12-26)20-15-22-25-21(24-20)23-17-7-9-19(10-8-17)29-18-5-3-2-4-6-18/h2-10,15H,11-14H2,1H3,(H,23,24,25). The van der Waals surface area contributed by atoms with Crippen molar-refractivity contribution in [2.45, 2.75) is 6.92 Å². The van der Waals surface area contributed by atoms with E-state index in [-0.39, 0.29) is 5.91 Å². The van der Waals surface area contributed by atoms with Crippen molar-refractivity contribution in [2.75, 3.05) is 36.4 Å². The topological polar surface area (TPSA) is 83.5 Å². The summed E-state index contributed by atoms with van der Waals surface area (Å²) in [7, 11) is 0. The SMILES string of the molecule is CC(=O)N1CCN(c2cnnc(Nc3ccc(Oc4ccccc4)cc3)n2)CC1. The van der Waals surface area contributed by atoms with Gasteiger partial charge in [-0.3, -0.25) is 4.79 Å². The number of rotatable bonds is 5. The van der Waals surface area contributed by atoms with Gasteiger partial charge in [-0.2, -0.15) is 10.1 Å². The Hall–Kier alpha value is -3.68. The Morgan fingerprint density at radius 3 is 2.34 bits per heavy atom. The van der Waals surface area contributed by atoms with Gasteiger partial charge in [0.15, 0.2) is 5.82 Å². The molecule has 0 bridgehead atoms. The molecule has 8 nitrogen and oxygen atoms in total. The van der Waals surface area contributed by atoms with Crippen LogP contribution in [-0.4, -0.2) is 52.2 Å². The smallest absolute Gasteiger partial charge is 0.249 e. The quantitative estimate of drug-likeness (QED) is 0.717. The summed E-state index contributed by atoms with van der Waals surface area (Å²) in [5.41, 5.74) is 0.839. The van der Waals surface area contributed by atoms with Gasteiger partial charge in [-0.1, -0.05) is 18.2 Å². The largest absolute Gasteiger partial charge is 0.457 e. The summed E-state index contributed by atoms with van der Waals surface area (Å²) >= 11 is 0. The van der Waals surface area contributed by atoms with Crippen LogP contribution in [0, 0.1) is 0 Å². The molecular weight excluding hydrogens is 368 g/mol. The van der Waals surface area contributed by atoms with Crippen LogP contribution in [0.15, 0.2) is 60.8 Å². The van der Waals surface area contributed by atoms with E-state index in [1.165, 1.54) is 0 Å². The van der Waals surface area contributed by atoms with Crippen LogP contribution in [0.3, 0.4) is 0 Å². The summed E-state index contributed by atoms with van der Waals surface area (Å²) in [6.45, 7) is 4.42. The molecule has 29 heavy (non-hydrogen) atoms. The zero-order valence-corrected chi connectivity index (χ0v) is 16.2. The normalized spacial score (nSPS) is 13.8. The minimum absolute atomic E-state index is 0.104. The number of nitrogens with one attached hydrogen (secondary N) is 1. The number of nitrogens with zero attached hydrogens (tertiary/aromatic N) is 5. The van der Waals surface area contributed by atoms with Crippen molar-refractivity contribution in [1.29, 1.82) is 0 Å². The van der Waals surface area contributed by atoms with E-state index < -0.39 is 0 Å². The van der Waals surface area contributed by atoms with E-state index >= 15 is 0 Å². The predicted molar refractivity (Wildman–Crippen MR) is 111 cm³/mol. The monoisotopic (exact) mass is 390 g/mol. The van der Waals surface area contributed by atoms with Crippen LogP contribution < -0.4 is 15.0 Å². The molecule has 4 rings (SSSR count). The van der Waals surface area contributed by atoms with E-state index in [2.05, 4.69) is 25.4 Å². The molecule has 1 aromatic heterocycles. The molecule has 0 unspecified atom stereocenters. The molecule has 0 radical (unpaired) electrons. The zero-order valence-electron chi connectivity index (χ0n) is 16.2. The number of ether oxygens (including phenoxy) is 1. The highest BCUT2D eigenvalue weighted by atomic mass is 16.5. The number of para-hydroxylation sites is 1. The Kier molecular flexibility index (Phi) is 5.51. The van der Waals surface area contributed by atoms with Crippen molar-refractivity contribution in [1.82, 2.24) is 20.1 Å². The van der Waals surface area contributed by atoms with E-state index in [4.69, 9.17) is 4.74 Å². The first-order chi connectivity index (χ1) is 14.2. The molecule has 1 aliphatic rings. The molecule has 8 heteroatoms. The Labute approximate surface area is 169 Å². The molecule has 2 heterocycles.